The first kappa shape index (κ1) is 11.2. The van der Waals surface area contributed by atoms with Crippen LogP contribution in [0.15, 0.2) is 12.1 Å². The minimum atomic E-state index is -0.536. The minimum Gasteiger partial charge on any atom is -0.378 e. The Labute approximate surface area is 87.9 Å². The first-order chi connectivity index (χ1) is 7.06. The van der Waals surface area contributed by atoms with Gasteiger partial charge in [0.1, 0.15) is 5.82 Å². The molecule has 0 atom stereocenters. The summed E-state index contributed by atoms with van der Waals surface area (Å²) in [5.41, 5.74) is 5.33. The SMILES string of the molecule is CCCN(C)c1ccc([N+](=O)[O-])c(N)n1. The number of nitrogens with zero attached hydrogens (tertiary/aromatic N) is 3. The summed E-state index contributed by atoms with van der Waals surface area (Å²) >= 11 is 0. The number of hydrogen-bond acceptors (Lipinski definition) is 5. The van der Waals surface area contributed by atoms with Gasteiger partial charge in [0.05, 0.1) is 4.92 Å². The summed E-state index contributed by atoms with van der Waals surface area (Å²) in [6, 6.07) is 2.98. The quantitative estimate of drug-likeness (QED) is 0.600. The molecule has 1 rings (SSSR count). The largest absolute Gasteiger partial charge is 0.378 e. The molecule has 1 heterocycles. The zero-order valence-corrected chi connectivity index (χ0v) is 8.80. The normalized spacial score (nSPS) is 10.0. The molecule has 1 aromatic rings. The number of anilines is 2. The van der Waals surface area contributed by atoms with Crippen molar-refractivity contribution in [3.05, 3.63) is 22.2 Å². The van der Waals surface area contributed by atoms with E-state index in [2.05, 4.69) is 4.98 Å². The van der Waals surface area contributed by atoms with E-state index in [-0.39, 0.29) is 11.5 Å². The molecular weight excluding hydrogens is 196 g/mol. The van der Waals surface area contributed by atoms with E-state index in [9.17, 15) is 10.1 Å². The number of nitro groups is 1. The van der Waals surface area contributed by atoms with Gasteiger partial charge in [0, 0.05) is 19.7 Å². The Hall–Kier alpha value is -1.85. The van der Waals surface area contributed by atoms with Crippen molar-refractivity contribution in [3.8, 4) is 0 Å². The van der Waals surface area contributed by atoms with Gasteiger partial charge in [0.2, 0.25) is 5.82 Å². The van der Waals surface area contributed by atoms with Gasteiger partial charge in [0.15, 0.2) is 0 Å². The van der Waals surface area contributed by atoms with Gasteiger partial charge in [-0.3, -0.25) is 10.1 Å². The number of nitrogen functional groups attached to an aromatic ring is 1. The molecule has 0 aliphatic rings. The van der Waals surface area contributed by atoms with Gasteiger partial charge in [-0.2, -0.15) is 0 Å². The summed E-state index contributed by atoms with van der Waals surface area (Å²) in [6.07, 6.45) is 0.981. The number of pyridine rings is 1. The Kier molecular flexibility index (Phi) is 3.43. The van der Waals surface area contributed by atoms with Crippen LogP contribution < -0.4 is 10.6 Å². The predicted octanol–water partition coefficient (Wildman–Crippen LogP) is 1.42. The standard InChI is InChI=1S/C9H14N4O2/c1-3-6-12(2)8-5-4-7(13(14)15)9(10)11-8/h4-5H,3,6H2,1-2H3,(H2,10,11). The molecule has 82 valence electrons. The smallest absolute Gasteiger partial charge is 0.311 e. The fourth-order valence-electron chi connectivity index (χ4n) is 1.27. The van der Waals surface area contributed by atoms with Crippen molar-refractivity contribution in [2.24, 2.45) is 0 Å². The monoisotopic (exact) mass is 210 g/mol. The molecule has 0 fully saturated rings. The Morgan fingerprint density at radius 1 is 1.60 bits per heavy atom. The molecular formula is C9H14N4O2. The molecule has 2 N–H and O–H groups in total. The van der Waals surface area contributed by atoms with Crippen LogP contribution in [0.4, 0.5) is 17.3 Å². The van der Waals surface area contributed by atoms with Gasteiger partial charge in [0.25, 0.3) is 0 Å². The Morgan fingerprint density at radius 3 is 2.73 bits per heavy atom. The molecule has 6 heteroatoms. The Balaban J connectivity index is 2.96. The first-order valence-electron chi connectivity index (χ1n) is 4.68. The van der Waals surface area contributed by atoms with Crippen LogP contribution in [0.25, 0.3) is 0 Å². The second-order valence-corrected chi connectivity index (χ2v) is 3.25. The van der Waals surface area contributed by atoms with E-state index >= 15 is 0 Å². The van der Waals surface area contributed by atoms with Crippen molar-refractivity contribution >= 4 is 17.3 Å². The third-order valence-corrected chi connectivity index (χ3v) is 2.03. The van der Waals surface area contributed by atoms with Crippen LogP contribution in [0, 0.1) is 10.1 Å². The highest BCUT2D eigenvalue weighted by Gasteiger charge is 2.13. The highest BCUT2D eigenvalue weighted by molar-refractivity contribution is 5.57. The third kappa shape index (κ3) is 2.55. The molecule has 0 bridgehead atoms. The van der Waals surface area contributed by atoms with Crippen LogP contribution in [0.5, 0.6) is 0 Å². The summed E-state index contributed by atoms with van der Waals surface area (Å²) in [6.45, 7) is 2.88. The lowest BCUT2D eigenvalue weighted by molar-refractivity contribution is -0.384. The molecule has 0 amide bonds. The average Bonchev–Trinajstić information content (AvgIpc) is 2.17. The number of aromatic nitrogens is 1. The fourth-order valence-corrected chi connectivity index (χ4v) is 1.27. The summed E-state index contributed by atoms with van der Waals surface area (Å²) in [4.78, 5) is 15.8. The van der Waals surface area contributed by atoms with Crippen LogP contribution in [0.2, 0.25) is 0 Å². The molecule has 0 aliphatic carbocycles. The van der Waals surface area contributed by atoms with Crippen LogP contribution in [0.3, 0.4) is 0 Å². The number of nitrogens with two attached hydrogens (primary N) is 1. The zero-order valence-electron chi connectivity index (χ0n) is 8.80. The van der Waals surface area contributed by atoms with Crippen LogP contribution >= 0.6 is 0 Å². The third-order valence-electron chi connectivity index (χ3n) is 2.03. The van der Waals surface area contributed by atoms with Gasteiger partial charge in [-0.1, -0.05) is 6.92 Å². The van der Waals surface area contributed by atoms with E-state index in [0.29, 0.717) is 5.82 Å². The highest BCUT2D eigenvalue weighted by atomic mass is 16.6. The van der Waals surface area contributed by atoms with E-state index in [1.807, 2.05) is 18.9 Å². The molecule has 0 radical (unpaired) electrons. The van der Waals surface area contributed by atoms with E-state index in [1.54, 1.807) is 6.07 Å². The Bertz CT molecular complexity index is 367. The topological polar surface area (TPSA) is 85.3 Å². The maximum Gasteiger partial charge on any atom is 0.311 e. The fraction of sp³-hybridized carbons (Fsp3) is 0.444. The lowest BCUT2D eigenvalue weighted by atomic mass is 10.3. The van der Waals surface area contributed by atoms with Crippen molar-refractivity contribution in [1.29, 1.82) is 0 Å². The minimum absolute atomic E-state index is 0.0412. The molecule has 0 aromatic carbocycles. The molecule has 0 saturated heterocycles. The van der Waals surface area contributed by atoms with Crippen molar-refractivity contribution in [2.45, 2.75) is 13.3 Å². The van der Waals surface area contributed by atoms with Crippen LogP contribution in [-0.4, -0.2) is 23.5 Å². The lowest BCUT2D eigenvalue weighted by Crippen LogP contribution is -2.19. The van der Waals surface area contributed by atoms with E-state index in [1.165, 1.54) is 6.07 Å². The molecule has 0 unspecified atom stereocenters. The molecule has 0 spiro atoms. The summed E-state index contributed by atoms with van der Waals surface area (Å²) < 4.78 is 0. The maximum absolute atomic E-state index is 10.5. The lowest BCUT2D eigenvalue weighted by Gasteiger charge is -2.16. The van der Waals surface area contributed by atoms with Gasteiger partial charge in [-0.15, -0.1) is 0 Å². The van der Waals surface area contributed by atoms with E-state index < -0.39 is 4.92 Å². The van der Waals surface area contributed by atoms with Crippen molar-refractivity contribution in [1.82, 2.24) is 4.98 Å². The molecule has 0 aliphatic heterocycles. The van der Waals surface area contributed by atoms with Gasteiger partial charge < -0.3 is 10.6 Å². The second-order valence-electron chi connectivity index (χ2n) is 3.25. The summed E-state index contributed by atoms with van der Waals surface area (Å²) in [7, 11) is 1.87. The van der Waals surface area contributed by atoms with E-state index in [0.717, 1.165) is 13.0 Å². The van der Waals surface area contributed by atoms with Gasteiger partial charge in [-0.25, -0.2) is 4.98 Å². The maximum atomic E-state index is 10.5. The van der Waals surface area contributed by atoms with Gasteiger partial charge in [-0.05, 0) is 12.5 Å². The van der Waals surface area contributed by atoms with Crippen molar-refractivity contribution in [2.75, 3.05) is 24.2 Å². The average molecular weight is 210 g/mol. The van der Waals surface area contributed by atoms with Crippen LogP contribution in [-0.2, 0) is 0 Å². The zero-order chi connectivity index (χ0) is 11.4. The predicted molar refractivity (Wildman–Crippen MR) is 58.9 cm³/mol. The second kappa shape index (κ2) is 4.59. The number of hydrogen-bond donors (Lipinski definition) is 1. The molecule has 6 nitrogen and oxygen atoms in total. The number of rotatable bonds is 4. The highest BCUT2D eigenvalue weighted by Crippen LogP contribution is 2.22. The van der Waals surface area contributed by atoms with Crippen molar-refractivity contribution < 1.29 is 4.92 Å². The van der Waals surface area contributed by atoms with Gasteiger partial charge >= 0.3 is 5.69 Å². The summed E-state index contributed by atoms with van der Waals surface area (Å²) in [5.74, 6) is 0.611. The van der Waals surface area contributed by atoms with Crippen LogP contribution in [0.1, 0.15) is 13.3 Å². The molecule has 15 heavy (non-hydrogen) atoms. The molecule has 0 saturated carbocycles. The summed E-state index contributed by atoms with van der Waals surface area (Å²) in [5, 5.41) is 10.5. The first-order valence-corrected chi connectivity index (χ1v) is 4.68. The molecule has 1 aromatic heterocycles. The van der Waals surface area contributed by atoms with Crippen molar-refractivity contribution in [3.63, 3.8) is 0 Å². The van der Waals surface area contributed by atoms with E-state index in [4.69, 9.17) is 5.73 Å². The Morgan fingerprint density at radius 2 is 2.27 bits per heavy atom.